The summed E-state index contributed by atoms with van der Waals surface area (Å²) in [6.07, 6.45) is 0. The molecule has 0 radical (unpaired) electrons. The molecule has 134 valence electrons. The van der Waals surface area contributed by atoms with Crippen molar-refractivity contribution in [2.24, 2.45) is 4.99 Å². The van der Waals surface area contributed by atoms with Gasteiger partial charge >= 0.3 is 0 Å². The Morgan fingerprint density at radius 1 is 0.920 bits per heavy atom. The highest BCUT2D eigenvalue weighted by atomic mass is 35.5. The molecule has 2 aromatic carbocycles. The Labute approximate surface area is 159 Å². The normalized spacial score (nSPS) is 18.8. The summed E-state index contributed by atoms with van der Waals surface area (Å²) in [5.74, 6) is 2.72. The van der Waals surface area contributed by atoms with E-state index in [1.54, 1.807) is 26.0 Å². The van der Waals surface area contributed by atoms with E-state index in [1.165, 1.54) is 11.1 Å². The number of nitrogens with one attached hydrogen (secondary N) is 1. The van der Waals surface area contributed by atoms with Crippen LogP contribution in [0.1, 0.15) is 30.1 Å². The van der Waals surface area contributed by atoms with Crippen molar-refractivity contribution in [2.45, 2.75) is 19.0 Å². The Kier molecular flexibility index (Phi) is 7.02. The molecule has 0 saturated heterocycles. The van der Waals surface area contributed by atoms with Gasteiger partial charge in [0.15, 0.2) is 5.17 Å². The third-order valence-corrected chi connectivity index (χ3v) is 4.85. The van der Waals surface area contributed by atoms with E-state index >= 15 is 0 Å². The van der Waals surface area contributed by atoms with Gasteiger partial charge in [0, 0.05) is 0 Å². The number of ether oxygens (including phenoxy) is 2. The first-order valence-corrected chi connectivity index (χ1v) is 8.98. The van der Waals surface area contributed by atoms with Gasteiger partial charge in [0.1, 0.15) is 17.5 Å². The van der Waals surface area contributed by atoms with Crippen LogP contribution in [0.25, 0.3) is 0 Å². The SMILES string of the molecule is CCSC1=N[C@@H](c2ccc(OC)cc2)[C@@H](c2ccc(OC)cc2)N1.Cl. The number of benzene rings is 2. The van der Waals surface area contributed by atoms with E-state index < -0.39 is 0 Å². The Morgan fingerprint density at radius 3 is 1.92 bits per heavy atom. The summed E-state index contributed by atoms with van der Waals surface area (Å²) in [5.41, 5.74) is 2.38. The summed E-state index contributed by atoms with van der Waals surface area (Å²) in [7, 11) is 3.36. The van der Waals surface area contributed by atoms with Crippen molar-refractivity contribution in [3.63, 3.8) is 0 Å². The van der Waals surface area contributed by atoms with E-state index in [0.29, 0.717) is 0 Å². The minimum atomic E-state index is 0. The zero-order valence-electron chi connectivity index (χ0n) is 14.6. The molecule has 6 heteroatoms. The van der Waals surface area contributed by atoms with Crippen molar-refractivity contribution in [3.05, 3.63) is 59.7 Å². The van der Waals surface area contributed by atoms with Gasteiger partial charge in [-0.25, -0.2) is 0 Å². The highest BCUT2D eigenvalue weighted by molar-refractivity contribution is 8.13. The molecule has 1 N–H and O–H groups in total. The molecule has 1 aliphatic rings. The van der Waals surface area contributed by atoms with E-state index in [0.717, 1.165) is 22.4 Å². The smallest absolute Gasteiger partial charge is 0.157 e. The first-order chi connectivity index (χ1) is 11.7. The summed E-state index contributed by atoms with van der Waals surface area (Å²) >= 11 is 1.74. The van der Waals surface area contributed by atoms with Crippen LogP contribution in [-0.4, -0.2) is 25.1 Å². The van der Waals surface area contributed by atoms with Crippen molar-refractivity contribution in [1.29, 1.82) is 0 Å². The summed E-state index contributed by atoms with van der Waals surface area (Å²) in [5, 5.41) is 4.56. The monoisotopic (exact) mass is 378 g/mol. The molecule has 25 heavy (non-hydrogen) atoms. The fraction of sp³-hybridized carbons (Fsp3) is 0.316. The molecule has 0 bridgehead atoms. The molecule has 1 aliphatic heterocycles. The van der Waals surface area contributed by atoms with Gasteiger partial charge in [-0.1, -0.05) is 43.0 Å². The summed E-state index contributed by atoms with van der Waals surface area (Å²) < 4.78 is 10.5. The molecule has 1 heterocycles. The largest absolute Gasteiger partial charge is 0.497 e. The van der Waals surface area contributed by atoms with E-state index in [1.807, 2.05) is 24.3 Å². The van der Waals surface area contributed by atoms with Gasteiger partial charge in [0.05, 0.1) is 20.3 Å². The molecule has 0 saturated carbocycles. The predicted octanol–water partition coefficient (Wildman–Crippen LogP) is 4.62. The standard InChI is InChI=1S/C19H22N2O2S.ClH/c1-4-24-19-20-17(13-5-9-15(22-2)10-6-13)18(21-19)14-7-11-16(23-3)12-8-14;/h5-12,17-18H,4H2,1-3H3,(H,20,21);1H/t17-,18+;. The minimum absolute atomic E-state index is 0. The molecular weight excluding hydrogens is 356 g/mol. The first-order valence-electron chi connectivity index (χ1n) is 8.00. The summed E-state index contributed by atoms with van der Waals surface area (Å²) in [6, 6.07) is 16.5. The van der Waals surface area contributed by atoms with E-state index in [9.17, 15) is 0 Å². The van der Waals surface area contributed by atoms with Gasteiger partial charge in [-0.05, 0) is 41.1 Å². The molecule has 2 atom stereocenters. The number of hydrogen-bond acceptors (Lipinski definition) is 5. The lowest BCUT2D eigenvalue weighted by Crippen LogP contribution is -2.22. The van der Waals surface area contributed by atoms with Gasteiger partial charge in [0.2, 0.25) is 0 Å². The number of thioether (sulfide) groups is 1. The Balaban J connectivity index is 0.00000225. The molecule has 3 rings (SSSR count). The molecule has 2 aromatic rings. The van der Waals surface area contributed by atoms with Crippen LogP contribution in [0.3, 0.4) is 0 Å². The van der Waals surface area contributed by atoms with Crippen LogP contribution >= 0.6 is 24.2 Å². The van der Waals surface area contributed by atoms with Gasteiger partial charge in [-0.2, -0.15) is 0 Å². The fourth-order valence-electron chi connectivity index (χ4n) is 2.81. The van der Waals surface area contributed by atoms with Crippen LogP contribution in [0.4, 0.5) is 0 Å². The van der Waals surface area contributed by atoms with Crippen LogP contribution in [0.2, 0.25) is 0 Å². The highest BCUT2D eigenvalue weighted by Crippen LogP contribution is 2.38. The van der Waals surface area contributed by atoms with Crippen molar-refractivity contribution < 1.29 is 9.47 Å². The predicted molar refractivity (Wildman–Crippen MR) is 107 cm³/mol. The maximum absolute atomic E-state index is 5.26. The van der Waals surface area contributed by atoms with Crippen molar-refractivity contribution in [1.82, 2.24) is 5.32 Å². The molecule has 0 aliphatic carbocycles. The molecule has 0 amide bonds. The maximum atomic E-state index is 5.26. The topological polar surface area (TPSA) is 42.9 Å². The van der Waals surface area contributed by atoms with Crippen LogP contribution in [0.5, 0.6) is 11.5 Å². The van der Waals surface area contributed by atoms with Crippen molar-refractivity contribution in [2.75, 3.05) is 20.0 Å². The number of amidine groups is 1. The Hall–Kier alpha value is -1.85. The average Bonchev–Trinajstić information content (AvgIpc) is 3.06. The Bertz CT molecular complexity index is 704. The zero-order chi connectivity index (χ0) is 16.9. The first kappa shape index (κ1) is 19.5. The fourth-order valence-corrected chi connectivity index (χ4v) is 3.48. The average molecular weight is 379 g/mol. The summed E-state index contributed by atoms with van der Waals surface area (Å²) in [4.78, 5) is 4.90. The molecule has 0 spiro atoms. The second kappa shape index (κ2) is 9.02. The number of hydrogen-bond donors (Lipinski definition) is 1. The van der Waals surface area contributed by atoms with Crippen LogP contribution < -0.4 is 14.8 Å². The second-order valence-electron chi connectivity index (χ2n) is 5.48. The minimum Gasteiger partial charge on any atom is -0.497 e. The molecular formula is C19H23ClN2O2S. The Morgan fingerprint density at radius 2 is 1.44 bits per heavy atom. The number of nitrogens with zero attached hydrogens (tertiary/aromatic N) is 1. The van der Waals surface area contributed by atoms with Crippen LogP contribution in [-0.2, 0) is 0 Å². The lowest BCUT2D eigenvalue weighted by molar-refractivity contribution is 0.414. The van der Waals surface area contributed by atoms with Gasteiger partial charge in [-0.3, -0.25) is 4.99 Å². The number of halogens is 1. The number of methoxy groups -OCH3 is 2. The van der Waals surface area contributed by atoms with Crippen LogP contribution in [0.15, 0.2) is 53.5 Å². The third-order valence-electron chi connectivity index (χ3n) is 4.06. The zero-order valence-corrected chi connectivity index (χ0v) is 16.2. The number of aliphatic imine (C=N–C) groups is 1. The third kappa shape index (κ3) is 4.41. The highest BCUT2D eigenvalue weighted by Gasteiger charge is 2.31. The second-order valence-corrected chi connectivity index (χ2v) is 6.73. The van der Waals surface area contributed by atoms with E-state index in [-0.39, 0.29) is 24.5 Å². The molecule has 0 aromatic heterocycles. The lowest BCUT2D eigenvalue weighted by Gasteiger charge is -2.20. The summed E-state index contributed by atoms with van der Waals surface area (Å²) in [6.45, 7) is 2.14. The van der Waals surface area contributed by atoms with Gasteiger partial charge < -0.3 is 14.8 Å². The lowest BCUT2D eigenvalue weighted by atomic mass is 9.95. The quantitative estimate of drug-likeness (QED) is 0.824. The maximum Gasteiger partial charge on any atom is 0.157 e. The molecule has 0 unspecified atom stereocenters. The van der Waals surface area contributed by atoms with Crippen molar-refractivity contribution >= 4 is 29.3 Å². The number of rotatable bonds is 5. The van der Waals surface area contributed by atoms with Crippen molar-refractivity contribution in [3.8, 4) is 11.5 Å². The van der Waals surface area contributed by atoms with Gasteiger partial charge in [-0.15, -0.1) is 12.4 Å². The van der Waals surface area contributed by atoms with Gasteiger partial charge in [0.25, 0.3) is 0 Å². The molecule has 4 nitrogen and oxygen atoms in total. The molecule has 0 fully saturated rings. The van der Waals surface area contributed by atoms with E-state index in [4.69, 9.17) is 14.5 Å². The van der Waals surface area contributed by atoms with Crippen LogP contribution in [0, 0.1) is 0 Å². The van der Waals surface area contributed by atoms with E-state index in [2.05, 4.69) is 36.5 Å².